The topological polar surface area (TPSA) is 115 Å². The maximum atomic E-state index is 12.0. The third kappa shape index (κ3) is 4.22. The number of amides is 1. The van der Waals surface area contributed by atoms with Crippen molar-refractivity contribution in [3.63, 3.8) is 0 Å². The van der Waals surface area contributed by atoms with E-state index in [0.29, 0.717) is 12.5 Å². The van der Waals surface area contributed by atoms with Crippen LogP contribution in [0.15, 0.2) is 23.1 Å². The first kappa shape index (κ1) is 15.5. The van der Waals surface area contributed by atoms with E-state index in [0.717, 1.165) is 6.42 Å². The largest absolute Gasteiger partial charge is 0.398 e. The van der Waals surface area contributed by atoms with Gasteiger partial charge in [-0.25, -0.2) is 13.1 Å². The molecule has 5 N–H and O–H groups in total. The van der Waals surface area contributed by atoms with Crippen LogP contribution in [-0.2, 0) is 10.0 Å². The molecule has 0 saturated carbocycles. The Hall–Kier alpha value is -1.60. The Morgan fingerprint density at radius 3 is 2.47 bits per heavy atom. The lowest BCUT2D eigenvalue weighted by atomic mass is 10.1. The van der Waals surface area contributed by atoms with Crippen molar-refractivity contribution in [2.24, 2.45) is 11.7 Å². The zero-order chi connectivity index (χ0) is 14.6. The van der Waals surface area contributed by atoms with Gasteiger partial charge in [-0.15, -0.1) is 0 Å². The molecule has 1 rings (SSSR count). The highest BCUT2D eigenvalue weighted by Crippen LogP contribution is 2.19. The molecule has 0 atom stereocenters. The van der Waals surface area contributed by atoms with Crippen LogP contribution in [0.1, 0.15) is 30.6 Å². The monoisotopic (exact) mass is 285 g/mol. The van der Waals surface area contributed by atoms with Gasteiger partial charge in [-0.05, 0) is 30.5 Å². The second-order valence-corrected chi connectivity index (χ2v) is 6.43. The lowest BCUT2D eigenvalue weighted by molar-refractivity contribution is 0.1000. The fourth-order valence-corrected chi connectivity index (χ4v) is 2.66. The number of carbonyl (C=O) groups excluding carboxylic acids is 1. The number of nitrogen functional groups attached to an aromatic ring is 1. The Labute approximate surface area is 113 Å². The number of nitrogens with two attached hydrogens (primary N) is 2. The van der Waals surface area contributed by atoms with E-state index in [1.807, 2.05) is 13.8 Å². The number of carbonyl (C=O) groups is 1. The van der Waals surface area contributed by atoms with Gasteiger partial charge in [0.25, 0.3) is 0 Å². The molecule has 1 aromatic carbocycles. The highest BCUT2D eigenvalue weighted by atomic mass is 32.2. The predicted octanol–water partition coefficient (Wildman–Crippen LogP) is 0.692. The number of benzene rings is 1. The average Bonchev–Trinajstić information content (AvgIpc) is 2.27. The number of sulfonamides is 1. The maximum absolute atomic E-state index is 12.0. The lowest BCUT2D eigenvalue weighted by Gasteiger charge is -2.10. The summed E-state index contributed by atoms with van der Waals surface area (Å²) in [5.41, 5.74) is 10.9. The summed E-state index contributed by atoms with van der Waals surface area (Å²) in [7, 11) is -3.66. The first-order valence-electron chi connectivity index (χ1n) is 5.93. The summed E-state index contributed by atoms with van der Waals surface area (Å²) < 4.78 is 26.5. The third-order valence-corrected chi connectivity index (χ3v) is 4.13. The molecule has 1 aromatic rings. The molecule has 0 radical (unpaired) electrons. The van der Waals surface area contributed by atoms with Crippen LogP contribution in [0.25, 0.3) is 0 Å². The van der Waals surface area contributed by atoms with E-state index in [1.54, 1.807) is 0 Å². The Morgan fingerprint density at radius 1 is 1.37 bits per heavy atom. The van der Waals surface area contributed by atoms with Gasteiger partial charge < -0.3 is 11.5 Å². The summed E-state index contributed by atoms with van der Waals surface area (Å²) in [6.07, 6.45) is 0.735. The van der Waals surface area contributed by atoms with Crippen molar-refractivity contribution in [3.8, 4) is 0 Å². The second kappa shape index (κ2) is 6.03. The molecular weight excluding hydrogens is 266 g/mol. The number of hydrogen-bond acceptors (Lipinski definition) is 4. The highest BCUT2D eigenvalue weighted by molar-refractivity contribution is 7.89. The Morgan fingerprint density at radius 2 is 2.00 bits per heavy atom. The van der Waals surface area contributed by atoms with Crippen molar-refractivity contribution in [2.75, 3.05) is 12.3 Å². The summed E-state index contributed by atoms with van der Waals surface area (Å²) in [6.45, 7) is 4.35. The fourth-order valence-electron chi connectivity index (χ4n) is 1.51. The summed E-state index contributed by atoms with van der Waals surface area (Å²) in [5, 5.41) is 0. The van der Waals surface area contributed by atoms with E-state index in [9.17, 15) is 13.2 Å². The predicted molar refractivity (Wildman–Crippen MR) is 74.0 cm³/mol. The van der Waals surface area contributed by atoms with Gasteiger partial charge in [-0.1, -0.05) is 13.8 Å². The Kier molecular flexibility index (Phi) is 4.90. The quantitative estimate of drug-likeness (QED) is 0.667. The van der Waals surface area contributed by atoms with E-state index in [1.165, 1.54) is 18.2 Å². The highest BCUT2D eigenvalue weighted by Gasteiger charge is 2.18. The molecule has 0 aliphatic carbocycles. The van der Waals surface area contributed by atoms with Gasteiger partial charge in [-0.2, -0.15) is 0 Å². The van der Waals surface area contributed by atoms with Crippen molar-refractivity contribution in [1.29, 1.82) is 0 Å². The molecule has 7 heteroatoms. The number of hydrogen-bond donors (Lipinski definition) is 3. The van der Waals surface area contributed by atoms with E-state index >= 15 is 0 Å². The van der Waals surface area contributed by atoms with Crippen molar-refractivity contribution in [1.82, 2.24) is 4.72 Å². The van der Waals surface area contributed by atoms with Crippen LogP contribution in [0.5, 0.6) is 0 Å². The molecule has 106 valence electrons. The van der Waals surface area contributed by atoms with Crippen LogP contribution in [0.2, 0.25) is 0 Å². The van der Waals surface area contributed by atoms with Crippen molar-refractivity contribution < 1.29 is 13.2 Å². The minimum atomic E-state index is -3.66. The number of anilines is 1. The zero-order valence-corrected chi connectivity index (χ0v) is 11.8. The first-order chi connectivity index (χ1) is 8.74. The van der Waals surface area contributed by atoms with Crippen molar-refractivity contribution in [3.05, 3.63) is 23.8 Å². The smallest absolute Gasteiger partial charge is 0.248 e. The molecule has 0 aliphatic heterocycles. The first-order valence-corrected chi connectivity index (χ1v) is 7.41. The summed E-state index contributed by atoms with van der Waals surface area (Å²) in [6, 6.07) is 3.89. The molecule has 0 aliphatic rings. The molecule has 0 unspecified atom stereocenters. The van der Waals surface area contributed by atoms with Crippen LogP contribution in [0.4, 0.5) is 5.69 Å². The van der Waals surface area contributed by atoms with Crippen molar-refractivity contribution in [2.45, 2.75) is 25.2 Å². The van der Waals surface area contributed by atoms with E-state index in [4.69, 9.17) is 11.5 Å². The normalized spacial score (nSPS) is 11.7. The van der Waals surface area contributed by atoms with Gasteiger partial charge in [-0.3, -0.25) is 4.79 Å². The van der Waals surface area contributed by atoms with Gasteiger partial charge in [0.15, 0.2) is 0 Å². The van der Waals surface area contributed by atoms with E-state index < -0.39 is 15.9 Å². The Balaban J connectivity index is 2.93. The van der Waals surface area contributed by atoms with E-state index in [2.05, 4.69) is 4.72 Å². The molecule has 1 amide bonds. The molecule has 0 heterocycles. The number of nitrogens with one attached hydrogen (secondary N) is 1. The zero-order valence-electron chi connectivity index (χ0n) is 11.0. The van der Waals surface area contributed by atoms with Crippen LogP contribution in [0.3, 0.4) is 0 Å². The average molecular weight is 285 g/mol. The van der Waals surface area contributed by atoms with Gasteiger partial charge >= 0.3 is 0 Å². The number of primary amides is 1. The van der Waals surface area contributed by atoms with Gasteiger partial charge in [0, 0.05) is 12.1 Å². The molecule has 0 fully saturated rings. The molecular formula is C12H19N3O3S. The molecule has 0 aromatic heterocycles. The molecule has 0 spiro atoms. The maximum Gasteiger partial charge on any atom is 0.248 e. The number of rotatable bonds is 6. The summed E-state index contributed by atoms with van der Waals surface area (Å²) in [4.78, 5) is 10.9. The second-order valence-electron chi connectivity index (χ2n) is 4.70. The minimum absolute atomic E-state index is 0.00773. The lowest BCUT2D eigenvalue weighted by Crippen LogP contribution is -2.26. The van der Waals surface area contributed by atoms with Crippen LogP contribution < -0.4 is 16.2 Å². The third-order valence-electron chi connectivity index (χ3n) is 2.60. The molecule has 0 bridgehead atoms. The fraction of sp³-hybridized carbons (Fsp3) is 0.417. The Bertz CT molecular complexity index is 568. The van der Waals surface area contributed by atoms with E-state index in [-0.39, 0.29) is 16.1 Å². The molecule has 6 nitrogen and oxygen atoms in total. The van der Waals surface area contributed by atoms with Gasteiger partial charge in [0.1, 0.15) is 4.90 Å². The molecule has 0 saturated heterocycles. The standard InChI is InChI=1S/C12H19N3O3S/c1-8(2)5-6-15-19(17,18)11-4-3-9(12(14)16)7-10(11)13/h3-4,7-8,15H,5-6,13H2,1-2H3,(H2,14,16). The summed E-state index contributed by atoms with van der Waals surface area (Å²) >= 11 is 0. The summed E-state index contributed by atoms with van der Waals surface area (Å²) in [5.74, 6) is -0.249. The van der Waals surface area contributed by atoms with Crippen LogP contribution in [-0.4, -0.2) is 20.9 Å². The SMILES string of the molecule is CC(C)CCNS(=O)(=O)c1ccc(C(N)=O)cc1N. The minimum Gasteiger partial charge on any atom is -0.398 e. The van der Waals surface area contributed by atoms with Crippen LogP contribution in [0, 0.1) is 5.92 Å². The van der Waals surface area contributed by atoms with Gasteiger partial charge in [0.05, 0.1) is 5.69 Å². The van der Waals surface area contributed by atoms with Crippen LogP contribution >= 0.6 is 0 Å². The van der Waals surface area contributed by atoms with Gasteiger partial charge in [0.2, 0.25) is 15.9 Å². The van der Waals surface area contributed by atoms with Crippen molar-refractivity contribution >= 4 is 21.6 Å². The molecule has 19 heavy (non-hydrogen) atoms.